The van der Waals surface area contributed by atoms with E-state index >= 15 is 0 Å². The molecule has 1 rings (SSSR count). The third-order valence-electron chi connectivity index (χ3n) is 2.15. The molecule has 1 unspecified atom stereocenters. The lowest BCUT2D eigenvalue weighted by molar-refractivity contribution is 0.518. The van der Waals surface area contributed by atoms with Gasteiger partial charge in [0.2, 0.25) is 0 Å². The molecule has 0 aliphatic heterocycles. The highest BCUT2D eigenvalue weighted by Gasteiger charge is 2.14. The summed E-state index contributed by atoms with van der Waals surface area (Å²) < 4.78 is 1.37. The molecule has 0 saturated heterocycles. The molecule has 0 amide bonds. The summed E-state index contributed by atoms with van der Waals surface area (Å²) >= 11 is 0. The van der Waals surface area contributed by atoms with Gasteiger partial charge in [-0.1, -0.05) is 20.8 Å². The summed E-state index contributed by atoms with van der Waals surface area (Å²) in [6.45, 7) is 6.50. The maximum atomic E-state index is 5.75. The molecule has 0 aromatic carbocycles. The van der Waals surface area contributed by atoms with Crippen LogP contribution in [-0.2, 0) is 0 Å². The molecule has 1 heterocycles. The summed E-state index contributed by atoms with van der Waals surface area (Å²) in [5.41, 5.74) is 6.67. The van der Waals surface area contributed by atoms with E-state index in [1.165, 1.54) is 4.68 Å². The van der Waals surface area contributed by atoms with Crippen LogP contribution in [0.3, 0.4) is 0 Å². The van der Waals surface area contributed by atoms with Crippen molar-refractivity contribution < 1.29 is 0 Å². The predicted molar refractivity (Wildman–Crippen MR) is 54.7 cm³/mol. The third kappa shape index (κ3) is 2.14. The first kappa shape index (κ1) is 9.89. The summed E-state index contributed by atoms with van der Waals surface area (Å²) in [5, 5.41) is 0. The lowest BCUT2D eigenvalue weighted by atomic mass is 9.96. The van der Waals surface area contributed by atoms with Crippen LogP contribution in [0.2, 0.25) is 0 Å². The van der Waals surface area contributed by atoms with Gasteiger partial charge < -0.3 is 11.6 Å². The van der Waals surface area contributed by atoms with Gasteiger partial charge in [-0.15, -0.1) is 0 Å². The van der Waals surface area contributed by atoms with Gasteiger partial charge in [-0.25, -0.2) is 9.66 Å². The van der Waals surface area contributed by atoms with E-state index in [1.54, 1.807) is 6.33 Å². The minimum atomic E-state index is 0.379. The van der Waals surface area contributed by atoms with E-state index in [1.807, 2.05) is 0 Å². The normalized spacial score (nSPS) is 13.5. The van der Waals surface area contributed by atoms with Crippen LogP contribution in [0.25, 0.3) is 0 Å². The fraction of sp³-hybridized carbons (Fsp3) is 0.667. The van der Waals surface area contributed by atoms with Crippen molar-refractivity contribution in [3.63, 3.8) is 0 Å². The minimum absolute atomic E-state index is 0.379. The van der Waals surface area contributed by atoms with Crippen molar-refractivity contribution in [3.05, 3.63) is 12.0 Å². The van der Waals surface area contributed by atoms with Crippen LogP contribution in [0.4, 0.5) is 5.82 Å². The molecular formula is C9H18N4. The van der Waals surface area contributed by atoms with Crippen molar-refractivity contribution in [2.24, 2.45) is 5.92 Å². The highest BCUT2D eigenvalue weighted by molar-refractivity contribution is 5.38. The average molecular weight is 182 g/mol. The SMILES string of the molecule is CC(C)CC(C)c1ncn(N)c1N. The van der Waals surface area contributed by atoms with E-state index in [9.17, 15) is 0 Å². The first-order valence-corrected chi connectivity index (χ1v) is 4.60. The zero-order chi connectivity index (χ0) is 10.0. The number of nitrogens with zero attached hydrogens (tertiary/aromatic N) is 2. The molecule has 1 aromatic heterocycles. The second kappa shape index (κ2) is 3.68. The largest absolute Gasteiger partial charge is 0.382 e. The van der Waals surface area contributed by atoms with Gasteiger partial charge >= 0.3 is 0 Å². The number of nitrogens with two attached hydrogens (primary N) is 2. The van der Waals surface area contributed by atoms with Crippen LogP contribution >= 0.6 is 0 Å². The molecule has 0 bridgehead atoms. The number of hydrogen-bond acceptors (Lipinski definition) is 3. The highest BCUT2D eigenvalue weighted by atomic mass is 15.3. The first-order chi connectivity index (χ1) is 6.02. The van der Waals surface area contributed by atoms with Crippen molar-refractivity contribution in [3.8, 4) is 0 Å². The molecule has 0 radical (unpaired) electrons. The molecule has 0 aliphatic rings. The Bertz CT molecular complexity index is 277. The molecule has 1 aromatic rings. The lowest BCUT2D eigenvalue weighted by Crippen LogP contribution is -2.11. The van der Waals surface area contributed by atoms with Gasteiger partial charge in [0.05, 0.1) is 5.69 Å². The highest BCUT2D eigenvalue weighted by Crippen LogP contribution is 2.25. The minimum Gasteiger partial charge on any atom is -0.382 e. The Morgan fingerprint density at radius 2 is 2.08 bits per heavy atom. The Labute approximate surface area is 78.9 Å². The topological polar surface area (TPSA) is 69.9 Å². The maximum absolute atomic E-state index is 5.75. The third-order valence-corrected chi connectivity index (χ3v) is 2.15. The monoisotopic (exact) mass is 182 g/mol. The zero-order valence-electron chi connectivity index (χ0n) is 8.49. The van der Waals surface area contributed by atoms with Gasteiger partial charge in [-0.3, -0.25) is 0 Å². The van der Waals surface area contributed by atoms with Crippen LogP contribution in [0, 0.1) is 5.92 Å². The molecule has 13 heavy (non-hydrogen) atoms. The van der Waals surface area contributed by atoms with Crippen LogP contribution in [0.15, 0.2) is 6.33 Å². The second-order valence-electron chi connectivity index (χ2n) is 3.95. The summed E-state index contributed by atoms with van der Waals surface area (Å²) in [5.74, 6) is 7.15. The van der Waals surface area contributed by atoms with Crippen molar-refractivity contribution >= 4 is 5.82 Å². The van der Waals surface area contributed by atoms with Crippen molar-refractivity contribution in [1.29, 1.82) is 0 Å². The Balaban J connectivity index is 2.76. The van der Waals surface area contributed by atoms with Gasteiger partial charge in [-0.05, 0) is 12.3 Å². The molecule has 4 heteroatoms. The zero-order valence-corrected chi connectivity index (χ0v) is 8.49. The molecule has 0 saturated carbocycles. The van der Waals surface area contributed by atoms with Crippen LogP contribution in [0.1, 0.15) is 38.8 Å². The Kier molecular flexibility index (Phi) is 2.80. The molecule has 0 spiro atoms. The summed E-state index contributed by atoms with van der Waals surface area (Å²) in [4.78, 5) is 4.18. The molecule has 0 aliphatic carbocycles. The van der Waals surface area contributed by atoms with Crippen LogP contribution < -0.4 is 11.6 Å². The lowest BCUT2D eigenvalue weighted by Gasteiger charge is -2.12. The van der Waals surface area contributed by atoms with E-state index in [0.717, 1.165) is 12.1 Å². The van der Waals surface area contributed by atoms with Crippen molar-refractivity contribution in [2.45, 2.75) is 33.1 Å². The van der Waals surface area contributed by atoms with Gasteiger partial charge in [0.1, 0.15) is 12.1 Å². The summed E-state index contributed by atoms with van der Waals surface area (Å²) in [6, 6.07) is 0. The molecular weight excluding hydrogens is 164 g/mol. The van der Waals surface area contributed by atoms with Gasteiger partial charge in [0.25, 0.3) is 0 Å². The molecule has 0 fully saturated rings. The number of anilines is 1. The molecule has 4 nitrogen and oxygen atoms in total. The van der Waals surface area contributed by atoms with Crippen molar-refractivity contribution in [1.82, 2.24) is 9.66 Å². The van der Waals surface area contributed by atoms with E-state index in [4.69, 9.17) is 11.6 Å². The van der Waals surface area contributed by atoms with Gasteiger partial charge in [0, 0.05) is 5.92 Å². The van der Waals surface area contributed by atoms with E-state index in [-0.39, 0.29) is 0 Å². The Morgan fingerprint density at radius 3 is 2.46 bits per heavy atom. The van der Waals surface area contributed by atoms with E-state index < -0.39 is 0 Å². The van der Waals surface area contributed by atoms with E-state index in [2.05, 4.69) is 25.8 Å². The van der Waals surface area contributed by atoms with Crippen LogP contribution in [0.5, 0.6) is 0 Å². The number of aromatic nitrogens is 2. The average Bonchev–Trinajstić information content (AvgIpc) is 2.31. The number of nitrogen functional groups attached to an aromatic ring is 2. The van der Waals surface area contributed by atoms with Gasteiger partial charge in [-0.2, -0.15) is 0 Å². The quantitative estimate of drug-likeness (QED) is 0.693. The van der Waals surface area contributed by atoms with Crippen LogP contribution in [-0.4, -0.2) is 9.66 Å². The summed E-state index contributed by atoms with van der Waals surface area (Å²) in [6.07, 6.45) is 2.64. The fourth-order valence-corrected chi connectivity index (χ4v) is 1.58. The second-order valence-corrected chi connectivity index (χ2v) is 3.95. The molecule has 4 N–H and O–H groups in total. The smallest absolute Gasteiger partial charge is 0.145 e. The van der Waals surface area contributed by atoms with E-state index in [0.29, 0.717) is 17.7 Å². The number of hydrogen-bond donors (Lipinski definition) is 2. The maximum Gasteiger partial charge on any atom is 0.145 e. The molecule has 74 valence electrons. The summed E-state index contributed by atoms with van der Waals surface area (Å²) in [7, 11) is 0. The van der Waals surface area contributed by atoms with Crippen molar-refractivity contribution in [2.75, 3.05) is 11.6 Å². The first-order valence-electron chi connectivity index (χ1n) is 4.60. The standard InChI is InChI=1S/C9H18N4/c1-6(2)4-7(3)8-9(10)13(11)5-12-8/h5-7H,4,10-11H2,1-3H3. The Morgan fingerprint density at radius 1 is 1.46 bits per heavy atom. The van der Waals surface area contributed by atoms with Gasteiger partial charge in [0.15, 0.2) is 0 Å². The molecule has 1 atom stereocenters. The fourth-order valence-electron chi connectivity index (χ4n) is 1.58. The number of imidazole rings is 1. The Hall–Kier alpha value is -1.19. The predicted octanol–water partition coefficient (Wildman–Crippen LogP) is 1.33. The number of rotatable bonds is 3.